The lowest BCUT2D eigenvalue weighted by Crippen LogP contribution is -2.51. The van der Waals surface area contributed by atoms with Crippen LogP contribution in [0.4, 0.5) is 0 Å². The molecule has 6 heteroatoms. The lowest BCUT2D eigenvalue weighted by atomic mass is 10.0. The standard InChI is InChI=1S/C23H32N4OS/c29-23(24-9-4-10-25-15-17-28-18-16-25)27-13-11-26(12-14-27)19-21-7-3-6-20-5-1-2-8-22(20)21/h1-3,5-8H,4,9-19H2,(H,24,29). The van der Waals surface area contributed by atoms with Crippen LogP contribution in [0.5, 0.6) is 0 Å². The van der Waals surface area contributed by atoms with Gasteiger partial charge in [0.1, 0.15) is 0 Å². The minimum atomic E-state index is 0.870. The van der Waals surface area contributed by atoms with Gasteiger partial charge in [0.05, 0.1) is 13.2 Å². The molecule has 0 spiro atoms. The van der Waals surface area contributed by atoms with Crippen molar-refractivity contribution in [1.82, 2.24) is 20.0 Å². The first-order valence-corrected chi connectivity index (χ1v) is 11.2. The Labute approximate surface area is 179 Å². The van der Waals surface area contributed by atoms with Gasteiger partial charge in [-0.1, -0.05) is 42.5 Å². The van der Waals surface area contributed by atoms with Gasteiger partial charge in [-0.3, -0.25) is 9.80 Å². The summed E-state index contributed by atoms with van der Waals surface area (Å²) in [5, 5.41) is 7.07. The number of hydrogen-bond donors (Lipinski definition) is 1. The van der Waals surface area contributed by atoms with Crippen LogP contribution in [0.2, 0.25) is 0 Å². The van der Waals surface area contributed by atoms with Gasteiger partial charge in [-0.25, -0.2) is 0 Å². The second-order valence-electron chi connectivity index (χ2n) is 7.94. The molecule has 0 amide bonds. The highest BCUT2D eigenvalue weighted by Gasteiger charge is 2.19. The van der Waals surface area contributed by atoms with Crippen LogP contribution in [0.3, 0.4) is 0 Å². The monoisotopic (exact) mass is 412 g/mol. The van der Waals surface area contributed by atoms with E-state index < -0.39 is 0 Å². The third-order valence-electron chi connectivity index (χ3n) is 5.96. The number of hydrogen-bond acceptors (Lipinski definition) is 4. The number of rotatable bonds is 6. The summed E-state index contributed by atoms with van der Waals surface area (Å²) in [5.74, 6) is 0. The Morgan fingerprint density at radius 3 is 2.48 bits per heavy atom. The van der Waals surface area contributed by atoms with E-state index in [0.717, 1.165) is 83.6 Å². The molecule has 1 N–H and O–H groups in total. The van der Waals surface area contributed by atoms with Gasteiger partial charge >= 0.3 is 0 Å². The molecule has 156 valence electrons. The van der Waals surface area contributed by atoms with E-state index in [1.807, 2.05) is 0 Å². The first-order valence-electron chi connectivity index (χ1n) is 10.8. The number of ether oxygens (including phenoxy) is 1. The highest BCUT2D eigenvalue weighted by Crippen LogP contribution is 2.20. The van der Waals surface area contributed by atoms with Crippen LogP contribution in [-0.2, 0) is 11.3 Å². The molecule has 2 aromatic rings. The van der Waals surface area contributed by atoms with Crippen LogP contribution in [0.25, 0.3) is 10.8 Å². The first kappa shape index (κ1) is 20.5. The van der Waals surface area contributed by atoms with Crippen LogP contribution >= 0.6 is 12.2 Å². The van der Waals surface area contributed by atoms with Crippen molar-refractivity contribution in [2.45, 2.75) is 13.0 Å². The third-order valence-corrected chi connectivity index (χ3v) is 6.37. The molecule has 2 aliphatic rings. The van der Waals surface area contributed by atoms with Gasteiger partial charge in [-0.15, -0.1) is 0 Å². The average molecular weight is 413 g/mol. The van der Waals surface area contributed by atoms with Crippen molar-refractivity contribution in [1.29, 1.82) is 0 Å². The van der Waals surface area contributed by atoms with Gasteiger partial charge in [-0.05, 0) is 41.5 Å². The Kier molecular flexibility index (Phi) is 7.33. The van der Waals surface area contributed by atoms with Gasteiger partial charge in [0, 0.05) is 52.4 Å². The molecule has 2 fully saturated rings. The maximum Gasteiger partial charge on any atom is 0.169 e. The van der Waals surface area contributed by atoms with Gasteiger partial charge in [0.25, 0.3) is 0 Å². The van der Waals surface area contributed by atoms with Crippen LogP contribution < -0.4 is 5.32 Å². The van der Waals surface area contributed by atoms with Crippen LogP contribution in [0, 0.1) is 0 Å². The molecule has 5 nitrogen and oxygen atoms in total. The van der Waals surface area contributed by atoms with Gasteiger partial charge in [0.2, 0.25) is 0 Å². The van der Waals surface area contributed by atoms with E-state index in [-0.39, 0.29) is 0 Å². The molecule has 0 radical (unpaired) electrons. The number of benzene rings is 2. The molecule has 0 saturated carbocycles. The molecule has 0 aliphatic carbocycles. The van der Waals surface area contributed by atoms with Gasteiger partial charge in [0.15, 0.2) is 5.11 Å². The van der Waals surface area contributed by atoms with E-state index in [0.29, 0.717) is 0 Å². The first-order chi connectivity index (χ1) is 14.3. The summed E-state index contributed by atoms with van der Waals surface area (Å²) >= 11 is 5.64. The maximum absolute atomic E-state index is 5.64. The normalized spacial score (nSPS) is 18.8. The minimum Gasteiger partial charge on any atom is -0.379 e. The molecule has 0 atom stereocenters. The maximum atomic E-state index is 5.64. The Balaban J connectivity index is 1.18. The fourth-order valence-electron chi connectivity index (χ4n) is 4.21. The van der Waals surface area contributed by atoms with E-state index in [2.05, 4.69) is 62.5 Å². The van der Waals surface area contributed by atoms with Crippen molar-refractivity contribution < 1.29 is 4.74 Å². The number of thiocarbonyl (C=S) groups is 1. The average Bonchev–Trinajstić information content (AvgIpc) is 2.78. The highest BCUT2D eigenvalue weighted by atomic mass is 32.1. The fourth-order valence-corrected chi connectivity index (χ4v) is 4.50. The van der Waals surface area contributed by atoms with Crippen molar-refractivity contribution in [2.24, 2.45) is 0 Å². The number of nitrogens with zero attached hydrogens (tertiary/aromatic N) is 3. The number of morpholine rings is 1. The Hall–Kier alpha value is -1.73. The zero-order valence-corrected chi connectivity index (χ0v) is 18.0. The quantitative estimate of drug-likeness (QED) is 0.580. The van der Waals surface area contributed by atoms with E-state index in [9.17, 15) is 0 Å². The van der Waals surface area contributed by atoms with Crippen LogP contribution in [0.15, 0.2) is 42.5 Å². The topological polar surface area (TPSA) is 31.0 Å². The molecule has 0 aromatic heterocycles. The van der Waals surface area contributed by atoms with E-state index in [1.165, 1.54) is 16.3 Å². The summed E-state index contributed by atoms with van der Waals surface area (Å²) in [4.78, 5) is 7.34. The van der Waals surface area contributed by atoms with Crippen molar-refractivity contribution in [3.05, 3.63) is 48.0 Å². The largest absolute Gasteiger partial charge is 0.379 e. The predicted molar refractivity (Wildman–Crippen MR) is 123 cm³/mol. The smallest absolute Gasteiger partial charge is 0.169 e. The van der Waals surface area contributed by atoms with Crippen molar-refractivity contribution in [2.75, 3.05) is 65.6 Å². The Morgan fingerprint density at radius 1 is 0.897 bits per heavy atom. The number of nitrogens with one attached hydrogen (secondary N) is 1. The van der Waals surface area contributed by atoms with E-state index in [1.54, 1.807) is 0 Å². The number of piperazine rings is 1. The molecule has 0 bridgehead atoms. The summed E-state index contributed by atoms with van der Waals surface area (Å²) in [5.41, 5.74) is 1.42. The third kappa shape index (κ3) is 5.66. The molecule has 2 saturated heterocycles. The summed E-state index contributed by atoms with van der Waals surface area (Å²) < 4.78 is 5.40. The summed E-state index contributed by atoms with van der Waals surface area (Å²) in [6, 6.07) is 15.3. The second kappa shape index (κ2) is 10.3. The Morgan fingerprint density at radius 2 is 1.66 bits per heavy atom. The van der Waals surface area contributed by atoms with Crippen molar-refractivity contribution in [3.63, 3.8) is 0 Å². The zero-order chi connectivity index (χ0) is 19.9. The molecule has 2 aliphatic heterocycles. The van der Waals surface area contributed by atoms with Gasteiger partial charge < -0.3 is 15.0 Å². The summed E-state index contributed by atoms with van der Waals surface area (Å²) in [6.45, 7) is 11.0. The molecular weight excluding hydrogens is 380 g/mol. The van der Waals surface area contributed by atoms with Crippen molar-refractivity contribution >= 4 is 28.1 Å². The molecule has 4 rings (SSSR count). The molecule has 2 heterocycles. The molecule has 2 aromatic carbocycles. The zero-order valence-electron chi connectivity index (χ0n) is 17.2. The molecule has 29 heavy (non-hydrogen) atoms. The lowest BCUT2D eigenvalue weighted by molar-refractivity contribution is 0.0375. The summed E-state index contributed by atoms with van der Waals surface area (Å²) in [7, 11) is 0. The fraction of sp³-hybridized carbons (Fsp3) is 0.522. The lowest BCUT2D eigenvalue weighted by Gasteiger charge is -2.36. The minimum absolute atomic E-state index is 0.870. The van der Waals surface area contributed by atoms with Crippen LogP contribution in [-0.4, -0.2) is 85.4 Å². The van der Waals surface area contributed by atoms with Crippen LogP contribution in [0.1, 0.15) is 12.0 Å². The van der Waals surface area contributed by atoms with Gasteiger partial charge in [-0.2, -0.15) is 0 Å². The highest BCUT2D eigenvalue weighted by molar-refractivity contribution is 7.80. The van der Waals surface area contributed by atoms with E-state index >= 15 is 0 Å². The summed E-state index contributed by atoms with van der Waals surface area (Å²) in [6.07, 6.45) is 1.13. The number of fused-ring (bicyclic) bond motifs is 1. The predicted octanol–water partition coefficient (Wildman–Crippen LogP) is 2.55. The van der Waals surface area contributed by atoms with Crippen molar-refractivity contribution in [3.8, 4) is 0 Å². The SMILES string of the molecule is S=C(NCCCN1CCOCC1)N1CCN(Cc2cccc3ccccc23)CC1. The Bertz CT molecular complexity index is 795. The van der Waals surface area contributed by atoms with E-state index in [4.69, 9.17) is 17.0 Å². The molecule has 0 unspecified atom stereocenters. The molecular formula is C23H32N4OS. The second-order valence-corrected chi connectivity index (χ2v) is 8.33.